The molecule has 0 radical (unpaired) electrons. The Balaban J connectivity index is 3.05. The third-order valence-corrected chi connectivity index (χ3v) is 3.61. The minimum atomic E-state index is -2.53. The van der Waals surface area contributed by atoms with Crippen molar-refractivity contribution in [2.24, 2.45) is 0 Å². The smallest absolute Gasteiger partial charge is 0.158 e. The van der Waals surface area contributed by atoms with Gasteiger partial charge in [0.25, 0.3) is 0 Å². The normalized spacial score (nSPS) is 14.8. The van der Waals surface area contributed by atoms with Crippen molar-refractivity contribution >= 4 is 17.4 Å². The molecule has 0 saturated heterocycles. The number of aliphatic hydroxyl groups excluding tert-OH is 1. The Labute approximate surface area is 148 Å². The largest absolute Gasteiger partial charge is 0.393 e. The third kappa shape index (κ3) is 5.75. The molecule has 0 aliphatic carbocycles. The first-order valence-electron chi connectivity index (χ1n) is 7.13. The lowest BCUT2D eigenvalue weighted by Crippen LogP contribution is -2.35. The van der Waals surface area contributed by atoms with E-state index in [0.29, 0.717) is 17.7 Å². The number of benzene rings is 1. The van der Waals surface area contributed by atoms with Crippen molar-refractivity contribution in [3.05, 3.63) is 57.9 Å². The van der Waals surface area contributed by atoms with E-state index in [-0.39, 0.29) is 11.5 Å². The van der Waals surface area contributed by atoms with Gasteiger partial charge in [0, 0.05) is 18.6 Å². The molecule has 0 aliphatic heterocycles. The number of allylic oxidation sites excluding steroid dienone is 4. The van der Waals surface area contributed by atoms with Crippen LogP contribution in [0.25, 0.3) is 0 Å². The van der Waals surface area contributed by atoms with Crippen LogP contribution >= 0.6 is 11.6 Å². The molecule has 1 unspecified atom stereocenters. The van der Waals surface area contributed by atoms with Gasteiger partial charge in [0.15, 0.2) is 5.78 Å². The summed E-state index contributed by atoms with van der Waals surface area (Å²) < 4.78 is 40.7. The lowest BCUT2D eigenvalue weighted by molar-refractivity contribution is -0.122. The molecule has 0 fully saturated rings. The summed E-state index contributed by atoms with van der Waals surface area (Å²) in [6.07, 6.45) is 7.15. The lowest BCUT2D eigenvalue weighted by atomic mass is 9.88. The molecule has 0 aliphatic rings. The monoisotopic (exact) mass is 372 g/mol. The van der Waals surface area contributed by atoms with Crippen LogP contribution in [0.1, 0.15) is 25.3 Å². The number of terminal acetylenes is 1. The fourth-order valence-corrected chi connectivity index (χ4v) is 2.27. The van der Waals surface area contributed by atoms with Crippen LogP contribution in [0.5, 0.6) is 0 Å². The Morgan fingerprint density at radius 1 is 1.36 bits per heavy atom. The van der Waals surface area contributed by atoms with Gasteiger partial charge in [0.2, 0.25) is 0 Å². The molecule has 0 amide bonds. The SMILES string of the molecule is C#CC(Cl)=CC/C(C)=C/C(=O)CC(O)(CO)c1c(F)cc(F)cc1F. The highest BCUT2D eigenvalue weighted by Gasteiger charge is 2.36. The van der Waals surface area contributed by atoms with Crippen molar-refractivity contribution in [1.82, 2.24) is 0 Å². The molecule has 0 spiro atoms. The average molecular weight is 373 g/mol. The van der Waals surface area contributed by atoms with Gasteiger partial charge >= 0.3 is 0 Å². The zero-order valence-electron chi connectivity index (χ0n) is 13.3. The summed E-state index contributed by atoms with van der Waals surface area (Å²) >= 11 is 5.63. The summed E-state index contributed by atoms with van der Waals surface area (Å²) in [6.45, 7) is 0.458. The van der Waals surface area contributed by atoms with Crippen LogP contribution in [-0.4, -0.2) is 22.6 Å². The highest BCUT2D eigenvalue weighted by Crippen LogP contribution is 2.31. The number of hydrogen-bond donors (Lipinski definition) is 2. The Bertz CT molecular complexity index is 742. The van der Waals surface area contributed by atoms with Gasteiger partial charge in [0.05, 0.1) is 17.2 Å². The predicted octanol–water partition coefficient (Wildman–Crippen LogP) is 3.34. The first-order chi connectivity index (χ1) is 11.6. The lowest BCUT2D eigenvalue weighted by Gasteiger charge is -2.26. The number of hydrogen-bond acceptors (Lipinski definition) is 3. The van der Waals surface area contributed by atoms with Crippen LogP contribution in [0.4, 0.5) is 13.2 Å². The van der Waals surface area contributed by atoms with Gasteiger partial charge in [-0.2, -0.15) is 0 Å². The van der Waals surface area contributed by atoms with Gasteiger partial charge in [-0.05, 0) is 19.4 Å². The van der Waals surface area contributed by atoms with E-state index in [9.17, 15) is 28.2 Å². The zero-order valence-corrected chi connectivity index (χ0v) is 14.1. The van der Waals surface area contributed by atoms with E-state index in [2.05, 4.69) is 5.92 Å². The number of carbonyl (C=O) groups excluding carboxylic acids is 1. The number of aliphatic hydroxyl groups is 2. The molecule has 3 nitrogen and oxygen atoms in total. The van der Waals surface area contributed by atoms with E-state index in [1.54, 1.807) is 6.92 Å². The maximum absolute atomic E-state index is 13.8. The van der Waals surface area contributed by atoms with Crippen LogP contribution in [0.3, 0.4) is 0 Å². The van der Waals surface area contributed by atoms with Crippen molar-refractivity contribution < 1.29 is 28.2 Å². The van der Waals surface area contributed by atoms with E-state index in [0.717, 1.165) is 6.08 Å². The van der Waals surface area contributed by atoms with Crippen molar-refractivity contribution in [1.29, 1.82) is 0 Å². The highest BCUT2D eigenvalue weighted by atomic mass is 35.5. The van der Waals surface area contributed by atoms with E-state index in [1.807, 2.05) is 0 Å². The fraction of sp³-hybridized carbons (Fsp3) is 0.278. The minimum Gasteiger partial charge on any atom is -0.393 e. The van der Waals surface area contributed by atoms with Crippen molar-refractivity contribution in [2.45, 2.75) is 25.4 Å². The van der Waals surface area contributed by atoms with Crippen LogP contribution in [0.15, 0.2) is 34.9 Å². The Morgan fingerprint density at radius 2 is 1.92 bits per heavy atom. The van der Waals surface area contributed by atoms with Crippen molar-refractivity contribution in [2.75, 3.05) is 6.61 Å². The summed E-state index contributed by atoms with van der Waals surface area (Å²) in [6, 6.07) is 0.717. The summed E-state index contributed by atoms with van der Waals surface area (Å²) in [5, 5.41) is 19.8. The van der Waals surface area contributed by atoms with Crippen LogP contribution < -0.4 is 0 Å². The summed E-state index contributed by atoms with van der Waals surface area (Å²) in [5.74, 6) is -2.48. The van der Waals surface area contributed by atoms with Crippen LogP contribution in [0, 0.1) is 29.8 Å². The number of carbonyl (C=O) groups is 1. The topological polar surface area (TPSA) is 57.5 Å². The molecule has 25 heavy (non-hydrogen) atoms. The molecule has 1 aromatic rings. The molecule has 0 heterocycles. The number of halogens is 4. The molecule has 7 heteroatoms. The molecule has 1 rings (SSSR count). The van der Waals surface area contributed by atoms with Gasteiger partial charge < -0.3 is 10.2 Å². The molecular weight excluding hydrogens is 357 g/mol. The number of rotatable bonds is 7. The maximum atomic E-state index is 13.8. The van der Waals surface area contributed by atoms with Gasteiger partial charge in [-0.15, -0.1) is 6.42 Å². The molecule has 0 bridgehead atoms. The molecule has 1 atom stereocenters. The fourth-order valence-electron chi connectivity index (χ4n) is 2.19. The van der Waals surface area contributed by atoms with E-state index >= 15 is 0 Å². The molecule has 2 N–H and O–H groups in total. The third-order valence-electron chi connectivity index (χ3n) is 3.35. The van der Waals surface area contributed by atoms with Gasteiger partial charge in [-0.25, -0.2) is 13.2 Å². The second-order valence-electron chi connectivity index (χ2n) is 5.47. The minimum absolute atomic E-state index is 0.155. The maximum Gasteiger partial charge on any atom is 0.158 e. The second kappa shape index (κ2) is 8.86. The molecule has 1 aromatic carbocycles. The predicted molar refractivity (Wildman–Crippen MR) is 88.1 cm³/mol. The summed E-state index contributed by atoms with van der Waals surface area (Å²) in [7, 11) is 0. The van der Waals surface area contributed by atoms with Crippen LogP contribution in [-0.2, 0) is 10.4 Å². The number of ketones is 1. The van der Waals surface area contributed by atoms with Crippen LogP contribution in [0.2, 0.25) is 0 Å². The van der Waals surface area contributed by atoms with Crippen molar-refractivity contribution in [3.63, 3.8) is 0 Å². The van der Waals surface area contributed by atoms with Gasteiger partial charge in [-0.1, -0.05) is 29.2 Å². The molecule has 134 valence electrons. The molecule has 0 aromatic heterocycles. The van der Waals surface area contributed by atoms with Crippen molar-refractivity contribution in [3.8, 4) is 12.3 Å². The van der Waals surface area contributed by atoms with Gasteiger partial charge in [0.1, 0.15) is 23.1 Å². The van der Waals surface area contributed by atoms with E-state index in [4.69, 9.17) is 18.0 Å². The average Bonchev–Trinajstić information content (AvgIpc) is 2.51. The second-order valence-corrected chi connectivity index (χ2v) is 5.88. The quantitative estimate of drug-likeness (QED) is 0.570. The first kappa shape index (κ1) is 21.0. The van der Waals surface area contributed by atoms with E-state index < -0.39 is 47.4 Å². The summed E-state index contributed by atoms with van der Waals surface area (Å²) in [4.78, 5) is 12.0. The molecule has 0 saturated carbocycles. The Morgan fingerprint density at radius 3 is 2.40 bits per heavy atom. The molecular formula is C18H16ClF3O3. The highest BCUT2D eigenvalue weighted by molar-refractivity contribution is 6.32. The van der Waals surface area contributed by atoms with Gasteiger partial charge in [-0.3, -0.25) is 4.79 Å². The Kier molecular flexibility index (Phi) is 7.43. The Hall–Kier alpha value is -2.07. The zero-order chi connectivity index (χ0) is 19.2. The standard InChI is InChI=1S/C18H16ClF3O3/c1-3-12(19)5-4-11(2)6-14(24)9-18(25,10-23)17-15(21)7-13(20)8-16(17)22/h1,5-8,23,25H,4,9-10H2,2H3/b11-6+,12-5?. The van der Waals surface area contributed by atoms with E-state index in [1.165, 1.54) is 6.08 Å². The summed E-state index contributed by atoms with van der Waals surface area (Å²) in [5.41, 5.74) is -2.97. The first-order valence-corrected chi connectivity index (χ1v) is 7.51.